The summed E-state index contributed by atoms with van der Waals surface area (Å²) < 4.78 is 0. The van der Waals surface area contributed by atoms with E-state index in [-0.39, 0.29) is 17.2 Å². The van der Waals surface area contributed by atoms with Crippen LogP contribution in [-0.2, 0) is 9.59 Å². The van der Waals surface area contributed by atoms with Gasteiger partial charge in [-0.1, -0.05) is 12.8 Å². The van der Waals surface area contributed by atoms with Gasteiger partial charge in [-0.3, -0.25) is 14.5 Å². The molecule has 2 fully saturated rings. The molecule has 2 aliphatic rings. The molecule has 3 rings (SSSR count). The number of piperidine rings is 1. The van der Waals surface area contributed by atoms with E-state index >= 15 is 0 Å². The van der Waals surface area contributed by atoms with E-state index in [4.69, 9.17) is 5.26 Å². The first kappa shape index (κ1) is 12.9. The van der Waals surface area contributed by atoms with Crippen molar-refractivity contribution >= 4 is 17.5 Å². The number of amides is 2. The summed E-state index contributed by atoms with van der Waals surface area (Å²) >= 11 is 0. The minimum Gasteiger partial charge on any atom is -0.274 e. The second-order valence-electron chi connectivity index (χ2n) is 5.84. The molecule has 0 radical (unpaired) electrons. The Hall–Kier alpha value is -2.15. The summed E-state index contributed by atoms with van der Waals surface area (Å²) in [5.74, 6) is -0.208. The molecule has 0 atom stereocenters. The predicted octanol–water partition coefficient (Wildman–Crippen LogP) is 2.77. The lowest BCUT2D eigenvalue weighted by molar-refractivity contribution is -0.133. The molecule has 1 aliphatic carbocycles. The molecular weight excluding hydrogens is 252 g/mol. The Labute approximate surface area is 118 Å². The minimum absolute atomic E-state index is 0.0722. The summed E-state index contributed by atoms with van der Waals surface area (Å²) in [5, 5.41) is 8.78. The Balaban J connectivity index is 1.85. The molecule has 0 bridgehead atoms. The highest BCUT2D eigenvalue weighted by atomic mass is 16.2. The van der Waals surface area contributed by atoms with Crippen molar-refractivity contribution in [3.63, 3.8) is 0 Å². The van der Waals surface area contributed by atoms with Crippen molar-refractivity contribution in [3.05, 3.63) is 29.8 Å². The molecule has 102 valence electrons. The maximum atomic E-state index is 12.4. The van der Waals surface area contributed by atoms with Crippen LogP contribution in [0.5, 0.6) is 0 Å². The summed E-state index contributed by atoms with van der Waals surface area (Å²) in [6.45, 7) is 0. The van der Waals surface area contributed by atoms with E-state index in [0.717, 1.165) is 25.7 Å². The van der Waals surface area contributed by atoms with Crippen LogP contribution in [0, 0.1) is 16.7 Å². The number of anilines is 1. The lowest BCUT2D eigenvalue weighted by Gasteiger charge is -2.37. The van der Waals surface area contributed by atoms with Crippen LogP contribution in [-0.4, -0.2) is 11.8 Å². The molecule has 1 heterocycles. The van der Waals surface area contributed by atoms with Crippen molar-refractivity contribution in [2.75, 3.05) is 4.90 Å². The second-order valence-corrected chi connectivity index (χ2v) is 5.84. The van der Waals surface area contributed by atoms with Gasteiger partial charge in [0.05, 0.1) is 17.3 Å². The summed E-state index contributed by atoms with van der Waals surface area (Å²) in [4.78, 5) is 26.0. The van der Waals surface area contributed by atoms with Crippen LogP contribution in [0.15, 0.2) is 24.3 Å². The number of nitriles is 1. The van der Waals surface area contributed by atoms with Crippen LogP contribution >= 0.6 is 0 Å². The molecule has 0 aromatic heterocycles. The van der Waals surface area contributed by atoms with Gasteiger partial charge in [0.15, 0.2) is 0 Å². The summed E-state index contributed by atoms with van der Waals surface area (Å²) in [6.07, 6.45) is 5.17. The van der Waals surface area contributed by atoms with Gasteiger partial charge in [0.2, 0.25) is 11.8 Å². The number of carbonyl (C=O) groups is 2. The zero-order valence-electron chi connectivity index (χ0n) is 11.3. The predicted molar refractivity (Wildman–Crippen MR) is 73.8 cm³/mol. The third-order valence-electron chi connectivity index (χ3n) is 4.47. The van der Waals surface area contributed by atoms with E-state index in [0.29, 0.717) is 24.1 Å². The SMILES string of the molecule is N#Cc1ccc(N2C(=O)CC3(CCCC3)CC2=O)cc1. The monoisotopic (exact) mass is 268 g/mol. The molecule has 1 saturated heterocycles. The van der Waals surface area contributed by atoms with Crippen LogP contribution in [0.3, 0.4) is 0 Å². The second kappa shape index (κ2) is 4.75. The maximum Gasteiger partial charge on any atom is 0.234 e. The minimum atomic E-state index is -0.104. The molecule has 0 unspecified atom stereocenters. The number of rotatable bonds is 1. The van der Waals surface area contributed by atoms with Crippen LogP contribution in [0.2, 0.25) is 0 Å². The molecular formula is C16H16N2O2. The number of hydrogen-bond acceptors (Lipinski definition) is 3. The Kier molecular flexibility index (Phi) is 3.06. The van der Waals surface area contributed by atoms with E-state index in [1.807, 2.05) is 6.07 Å². The molecule has 1 saturated carbocycles. The Morgan fingerprint density at radius 2 is 1.55 bits per heavy atom. The van der Waals surface area contributed by atoms with E-state index in [9.17, 15) is 9.59 Å². The zero-order valence-corrected chi connectivity index (χ0v) is 11.3. The Morgan fingerprint density at radius 1 is 1.00 bits per heavy atom. The highest BCUT2D eigenvalue weighted by Crippen LogP contribution is 2.47. The molecule has 0 N–H and O–H groups in total. The average Bonchev–Trinajstić information content (AvgIpc) is 2.86. The summed E-state index contributed by atoms with van der Waals surface area (Å²) in [5.41, 5.74) is 1.03. The summed E-state index contributed by atoms with van der Waals surface area (Å²) in [6, 6.07) is 8.64. The van der Waals surface area contributed by atoms with Gasteiger partial charge in [-0.25, -0.2) is 0 Å². The standard InChI is InChI=1S/C16H16N2O2/c17-11-12-3-5-13(6-4-12)18-14(19)9-16(10-15(18)20)7-1-2-8-16/h3-6H,1-2,7-10H2. The van der Waals surface area contributed by atoms with Crippen molar-refractivity contribution in [2.24, 2.45) is 5.41 Å². The van der Waals surface area contributed by atoms with Crippen molar-refractivity contribution < 1.29 is 9.59 Å². The smallest absolute Gasteiger partial charge is 0.234 e. The van der Waals surface area contributed by atoms with Crippen molar-refractivity contribution in [3.8, 4) is 6.07 Å². The van der Waals surface area contributed by atoms with Crippen molar-refractivity contribution in [1.29, 1.82) is 5.26 Å². The van der Waals surface area contributed by atoms with Gasteiger partial charge in [0.1, 0.15) is 0 Å². The highest BCUT2D eigenvalue weighted by Gasteiger charge is 2.45. The number of carbonyl (C=O) groups excluding carboxylic acids is 2. The van der Waals surface area contributed by atoms with Gasteiger partial charge in [-0.15, -0.1) is 0 Å². The van der Waals surface area contributed by atoms with Gasteiger partial charge in [-0.2, -0.15) is 5.26 Å². The first-order chi connectivity index (χ1) is 9.63. The van der Waals surface area contributed by atoms with Gasteiger partial charge >= 0.3 is 0 Å². The first-order valence-corrected chi connectivity index (χ1v) is 7.00. The fraction of sp³-hybridized carbons (Fsp3) is 0.438. The van der Waals surface area contributed by atoms with Crippen LogP contribution in [0.25, 0.3) is 0 Å². The number of hydrogen-bond donors (Lipinski definition) is 0. The maximum absolute atomic E-state index is 12.4. The lowest BCUT2D eigenvalue weighted by atomic mass is 9.76. The molecule has 1 spiro atoms. The molecule has 1 aromatic carbocycles. The Bertz CT molecular complexity index is 572. The van der Waals surface area contributed by atoms with E-state index in [2.05, 4.69) is 0 Å². The van der Waals surface area contributed by atoms with Crippen LogP contribution < -0.4 is 4.90 Å². The van der Waals surface area contributed by atoms with E-state index in [1.165, 1.54) is 4.90 Å². The molecule has 2 amide bonds. The Morgan fingerprint density at radius 3 is 2.05 bits per heavy atom. The first-order valence-electron chi connectivity index (χ1n) is 7.00. The molecule has 20 heavy (non-hydrogen) atoms. The van der Waals surface area contributed by atoms with Crippen molar-refractivity contribution in [2.45, 2.75) is 38.5 Å². The third kappa shape index (κ3) is 2.09. The third-order valence-corrected chi connectivity index (χ3v) is 4.47. The number of imide groups is 1. The van der Waals surface area contributed by atoms with Gasteiger partial charge in [0.25, 0.3) is 0 Å². The molecule has 4 heteroatoms. The number of benzene rings is 1. The average molecular weight is 268 g/mol. The molecule has 1 aromatic rings. The molecule has 4 nitrogen and oxygen atoms in total. The van der Waals surface area contributed by atoms with Crippen molar-refractivity contribution in [1.82, 2.24) is 0 Å². The van der Waals surface area contributed by atoms with Gasteiger partial charge in [-0.05, 0) is 42.5 Å². The van der Waals surface area contributed by atoms with Gasteiger partial charge < -0.3 is 0 Å². The number of nitrogens with zero attached hydrogens (tertiary/aromatic N) is 2. The topological polar surface area (TPSA) is 61.2 Å². The highest BCUT2D eigenvalue weighted by molar-refractivity contribution is 6.17. The van der Waals surface area contributed by atoms with Crippen LogP contribution in [0.4, 0.5) is 5.69 Å². The lowest BCUT2D eigenvalue weighted by Crippen LogP contribution is -2.47. The largest absolute Gasteiger partial charge is 0.274 e. The quantitative estimate of drug-likeness (QED) is 0.736. The molecule has 1 aliphatic heterocycles. The normalized spacial score (nSPS) is 21.2. The fourth-order valence-electron chi connectivity index (χ4n) is 3.45. The zero-order chi connectivity index (χ0) is 14.2. The van der Waals surface area contributed by atoms with E-state index in [1.54, 1.807) is 24.3 Å². The summed E-state index contributed by atoms with van der Waals surface area (Å²) in [7, 11) is 0. The van der Waals surface area contributed by atoms with Gasteiger partial charge in [0, 0.05) is 12.8 Å². The van der Waals surface area contributed by atoms with Crippen LogP contribution in [0.1, 0.15) is 44.1 Å². The fourth-order valence-corrected chi connectivity index (χ4v) is 3.45. The van der Waals surface area contributed by atoms with E-state index < -0.39 is 0 Å².